The summed E-state index contributed by atoms with van der Waals surface area (Å²) in [5, 5.41) is 0. The first-order chi connectivity index (χ1) is 12.7. The van der Waals surface area contributed by atoms with E-state index in [1.54, 1.807) is 5.57 Å². The van der Waals surface area contributed by atoms with Gasteiger partial charge in [-0.2, -0.15) is 0 Å². The molecule has 0 bridgehead atoms. The molecule has 0 aromatic carbocycles. The van der Waals surface area contributed by atoms with Gasteiger partial charge in [-0.1, -0.05) is 32.4 Å². The molecule has 0 aromatic rings. The molecule has 5 rings (SSSR count). The maximum Gasteiger partial charge on any atom is 0.172 e. The molecule has 1 spiro atoms. The molecule has 150 valence electrons. The third-order valence-corrected chi connectivity index (χ3v) is 10.3. The molecule has 4 aliphatic carbocycles. The van der Waals surface area contributed by atoms with Gasteiger partial charge in [-0.25, -0.2) is 0 Å². The van der Waals surface area contributed by atoms with E-state index >= 15 is 0 Å². The van der Waals surface area contributed by atoms with Crippen LogP contribution in [0.25, 0.3) is 0 Å². The van der Waals surface area contributed by atoms with E-state index in [0.29, 0.717) is 17.1 Å². The van der Waals surface area contributed by atoms with Crippen molar-refractivity contribution in [2.45, 2.75) is 84.8 Å². The molecule has 3 nitrogen and oxygen atoms in total. The molecule has 1 aliphatic heterocycles. The molecule has 5 aliphatic rings. The van der Waals surface area contributed by atoms with Crippen LogP contribution in [0, 0.1) is 34.0 Å². The molecule has 0 aromatic heterocycles. The Kier molecular flexibility index (Phi) is 3.87. The highest BCUT2D eigenvalue weighted by Gasteiger charge is 2.64. The number of hydrogen-bond donors (Lipinski definition) is 0. The lowest BCUT2D eigenvalue weighted by atomic mass is 9.45. The van der Waals surface area contributed by atoms with Crippen molar-refractivity contribution in [3.05, 3.63) is 11.6 Å². The lowest BCUT2D eigenvalue weighted by Crippen LogP contribution is -2.54. The molecular weight excluding hydrogens is 336 g/mol. The molecule has 0 unspecified atom stereocenters. The standard InChI is InChI=1S/C24H36O3/c1-16(25)22(3)9-8-20-18-6-5-17-15-24(26-13-14-27-24)12-11-21(17,2)19(18)7-10-23(20,22)4/h5,18-20H,6-15H2,1-4H3/t18-,19+,20+,21+,22-,23+/m1/s1. The van der Waals surface area contributed by atoms with E-state index in [9.17, 15) is 4.79 Å². The summed E-state index contributed by atoms with van der Waals surface area (Å²) in [6.07, 6.45) is 11.8. The van der Waals surface area contributed by atoms with Crippen molar-refractivity contribution < 1.29 is 14.3 Å². The molecule has 27 heavy (non-hydrogen) atoms. The second-order valence-corrected chi connectivity index (χ2v) is 10.9. The number of carbonyl (C=O) groups excluding carboxylic acids is 1. The summed E-state index contributed by atoms with van der Waals surface area (Å²) in [4.78, 5) is 12.6. The SMILES string of the molecule is CC(=O)[C@@]1(C)CC[C@H]2[C@@H]3CC=C4CC5(CC[C@]4(C)[C@H]3CC[C@@]21C)OCCO5. The first-order valence-electron chi connectivity index (χ1n) is 11.2. The summed E-state index contributed by atoms with van der Waals surface area (Å²) in [5.74, 6) is 2.32. The van der Waals surface area contributed by atoms with E-state index in [-0.39, 0.29) is 16.6 Å². The van der Waals surface area contributed by atoms with Gasteiger partial charge in [-0.05, 0) is 74.0 Å². The van der Waals surface area contributed by atoms with E-state index in [2.05, 4.69) is 26.8 Å². The summed E-state index contributed by atoms with van der Waals surface area (Å²) < 4.78 is 12.1. The van der Waals surface area contributed by atoms with E-state index in [0.717, 1.165) is 44.3 Å². The van der Waals surface area contributed by atoms with Gasteiger partial charge in [0.15, 0.2) is 5.79 Å². The van der Waals surface area contributed by atoms with Crippen LogP contribution in [-0.2, 0) is 14.3 Å². The second kappa shape index (κ2) is 5.69. The summed E-state index contributed by atoms with van der Waals surface area (Å²) in [6, 6.07) is 0. The quantitative estimate of drug-likeness (QED) is 0.587. The number of hydrogen-bond acceptors (Lipinski definition) is 3. The van der Waals surface area contributed by atoms with E-state index < -0.39 is 0 Å². The van der Waals surface area contributed by atoms with Crippen LogP contribution >= 0.6 is 0 Å². The normalized spacial score (nSPS) is 50.7. The number of allylic oxidation sites excluding steroid dienone is 1. The van der Waals surface area contributed by atoms with Crippen molar-refractivity contribution in [3.8, 4) is 0 Å². The average molecular weight is 373 g/mol. The van der Waals surface area contributed by atoms with Gasteiger partial charge in [0.1, 0.15) is 5.78 Å². The Hall–Kier alpha value is -0.670. The Bertz CT molecular complexity index is 690. The third-order valence-electron chi connectivity index (χ3n) is 10.3. The molecule has 3 heteroatoms. The predicted octanol–water partition coefficient (Wildman–Crippen LogP) is 5.29. The monoisotopic (exact) mass is 372 g/mol. The van der Waals surface area contributed by atoms with Gasteiger partial charge in [-0.15, -0.1) is 0 Å². The summed E-state index contributed by atoms with van der Waals surface area (Å²) in [7, 11) is 0. The Morgan fingerprint density at radius 1 is 1.00 bits per heavy atom. The lowest BCUT2D eigenvalue weighted by molar-refractivity contribution is -0.186. The highest BCUT2D eigenvalue weighted by Crippen LogP contribution is 2.70. The highest BCUT2D eigenvalue weighted by atomic mass is 16.7. The molecule has 6 atom stereocenters. The van der Waals surface area contributed by atoms with Crippen LogP contribution < -0.4 is 0 Å². The fraction of sp³-hybridized carbons (Fsp3) is 0.875. The Labute approximate surface area is 164 Å². The van der Waals surface area contributed by atoms with Crippen molar-refractivity contribution in [3.63, 3.8) is 0 Å². The molecule has 0 amide bonds. The minimum absolute atomic E-state index is 0.115. The maximum absolute atomic E-state index is 12.6. The van der Waals surface area contributed by atoms with Crippen molar-refractivity contribution in [1.29, 1.82) is 0 Å². The number of carbonyl (C=O) groups is 1. The first-order valence-corrected chi connectivity index (χ1v) is 11.2. The van der Waals surface area contributed by atoms with E-state index in [4.69, 9.17) is 9.47 Å². The zero-order valence-electron chi connectivity index (χ0n) is 17.6. The van der Waals surface area contributed by atoms with Crippen LogP contribution in [0.3, 0.4) is 0 Å². The van der Waals surface area contributed by atoms with Crippen LogP contribution in [0.2, 0.25) is 0 Å². The molecule has 3 saturated carbocycles. The maximum atomic E-state index is 12.6. The molecule has 4 fully saturated rings. The van der Waals surface area contributed by atoms with Crippen molar-refractivity contribution in [2.24, 2.45) is 34.0 Å². The van der Waals surface area contributed by atoms with Crippen LogP contribution in [0.15, 0.2) is 11.6 Å². The minimum Gasteiger partial charge on any atom is -0.347 e. The van der Waals surface area contributed by atoms with E-state index in [1.807, 2.05) is 6.92 Å². The van der Waals surface area contributed by atoms with Crippen LogP contribution in [0.1, 0.15) is 79.1 Å². The van der Waals surface area contributed by atoms with Crippen molar-refractivity contribution in [1.82, 2.24) is 0 Å². The van der Waals surface area contributed by atoms with Crippen LogP contribution in [-0.4, -0.2) is 24.8 Å². The smallest absolute Gasteiger partial charge is 0.172 e. The average Bonchev–Trinajstić information content (AvgIpc) is 3.19. The molecule has 0 N–H and O–H groups in total. The molecule has 1 heterocycles. The topological polar surface area (TPSA) is 35.5 Å². The van der Waals surface area contributed by atoms with E-state index in [1.165, 1.54) is 32.1 Å². The molecule has 1 saturated heterocycles. The number of rotatable bonds is 1. The van der Waals surface area contributed by atoms with Gasteiger partial charge < -0.3 is 9.47 Å². The summed E-state index contributed by atoms with van der Waals surface area (Å²) in [6.45, 7) is 10.6. The second-order valence-electron chi connectivity index (χ2n) is 10.9. The Morgan fingerprint density at radius 3 is 2.41 bits per heavy atom. The zero-order chi connectivity index (χ0) is 19.1. The number of fused-ring (bicyclic) bond motifs is 5. The van der Waals surface area contributed by atoms with Gasteiger partial charge >= 0.3 is 0 Å². The number of Topliss-reactive ketones (excluding diaryl/α,β-unsaturated/α-hetero) is 1. The Morgan fingerprint density at radius 2 is 1.70 bits per heavy atom. The predicted molar refractivity (Wildman–Crippen MR) is 105 cm³/mol. The van der Waals surface area contributed by atoms with Gasteiger partial charge in [0.2, 0.25) is 0 Å². The van der Waals surface area contributed by atoms with Crippen LogP contribution in [0.5, 0.6) is 0 Å². The molecular formula is C24H36O3. The minimum atomic E-state index is -0.318. The summed E-state index contributed by atoms with van der Waals surface area (Å²) in [5.41, 5.74) is 1.98. The first kappa shape index (κ1) is 18.4. The molecule has 0 radical (unpaired) electrons. The number of ether oxygens (including phenoxy) is 2. The largest absolute Gasteiger partial charge is 0.347 e. The van der Waals surface area contributed by atoms with Crippen molar-refractivity contribution in [2.75, 3.05) is 13.2 Å². The van der Waals surface area contributed by atoms with Gasteiger partial charge in [-0.3, -0.25) is 4.79 Å². The van der Waals surface area contributed by atoms with Gasteiger partial charge in [0.05, 0.1) is 13.2 Å². The lowest BCUT2D eigenvalue weighted by Gasteiger charge is -2.60. The van der Waals surface area contributed by atoms with Crippen LogP contribution in [0.4, 0.5) is 0 Å². The Balaban J connectivity index is 1.46. The fourth-order valence-corrected chi connectivity index (χ4v) is 8.19. The van der Waals surface area contributed by atoms with Gasteiger partial charge in [0, 0.05) is 18.3 Å². The third kappa shape index (κ3) is 2.25. The zero-order valence-corrected chi connectivity index (χ0v) is 17.6. The van der Waals surface area contributed by atoms with Crippen molar-refractivity contribution >= 4 is 5.78 Å². The summed E-state index contributed by atoms with van der Waals surface area (Å²) >= 11 is 0. The number of ketones is 1. The fourth-order valence-electron chi connectivity index (χ4n) is 8.19. The highest BCUT2D eigenvalue weighted by molar-refractivity contribution is 5.83. The van der Waals surface area contributed by atoms with Gasteiger partial charge in [0.25, 0.3) is 0 Å².